The number of rotatable bonds is 5. The SMILES string of the molecule is CCOC(=O)C1=CC2(CCC1S(=O)(=O)Nc1ccc(F)cc1Cl)C(S)CCC2S. The van der Waals surface area contributed by atoms with Crippen LogP contribution in [-0.2, 0) is 19.6 Å². The molecule has 0 radical (unpaired) electrons. The van der Waals surface area contributed by atoms with Gasteiger partial charge in [-0.2, -0.15) is 25.3 Å². The Labute approximate surface area is 186 Å². The molecule has 2 aliphatic carbocycles. The van der Waals surface area contributed by atoms with Gasteiger partial charge in [0, 0.05) is 15.9 Å². The largest absolute Gasteiger partial charge is 0.463 e. The minimum absolute atomic E-state index is 0.0161. The standard InChI is InChI=1S/C19H23ClFNO4S3/c1-2-26-18(23)12-10-19(16(27)5-6-17(19)28)8-7-15(12)29(24,25)22-14-4-3-11(21)9-13(14)20/h3-4,9-10,15-17,22,27-28H,2,5-8H2,1H3. The van der Waals surface area contributed by atoms with E-state index in [4.69, 9.17) is 16.3 Å². The Morgan fingerprint density at radius 1 is 1.31 bits per heavy atom. The lowest BCUT2D eigenvalue weighted by molar-refractivity contribution is -0.138. The van der Waals surface area contributed by atoms with Crippen LogP contribution in [0.25, 0.3) is 0 Å². The first-order chi connectivity index (χ1) is 13.6. The second kappa shape index (κ2) is 8.69. The highest BCUT2D eigenvalue weighted by Crippen LogP contribution is 2.53. The number of hydrogen-bond acceptors (Lipinski definition) is 6. The summed E-state index contributed by atoms with van der Waals surface area (Å²) in [4.78, 5) is 12.7. The van der Waals surface area contributed by atoms with E-state index in [2.05, 4.69) is 30.0 Å². The molecule has 0 aromatic heterocycles. The maximum Gasteiger partial charge on any atom is 0.335 e. The van der Waals surface area contributed by atoms with Crippen LogP contribution in [0.1, 0.15) is 32.6 Å². The van der Waals surface area contributed by atoms with Gasteiger partial charge in [0.15, 0.2) is 0 Å². The molecule has 1 spiro atoms. The number of sulfonamides is 1. The number of carbonyl (C=O) groups is 1. The van der Waals surface area contributed by atoms with Gasteiger partial charge in [-0.05, 0) is 50.8 Å². The number of allylic oxidation sites excluding steroid dienone is 1. The molecule has 1 saturated carbocycles. The van der Waals surface area contributed by atoms with Gasteiger partial charge in [-0.1, -0.05) is 17.7 Å². The van der Waals surface area contributed by atoms with E-state index in [1.807, 2.05) is 0 Å². The van der Waals surface area contributed by atoms with Gasteiger partial charge in [-0.25, -0.2) is 17.6 Å². The van der Waals surface area contributed by atoms with Crippen LogP contribution in [-0.4, -0.2) is 36.7 Å². The fourth-order valence-electron chi connectivity index (χ4n) is 4.12. The number of hydrogen-bond donors (Lipinski definition) is 3. The second-order valence-electron chi connectivity index (χ2n) is 7.34. The highest BCUT2D eigenvalue weighted by molar-refractivity contribution is 7.93. The van der Waals surface area contributed by atoms with Crippen molar-refractivity contribution in [1.82, 2.24) is 0 Å². The molecule has 1 N–H and O–H groups in total. The smallest absolute Gasteiger partial charge is 0.335 e. The average Bonchev–Trinajstić information content (AvgIpc) is 2.92. The Kier molecular flexibility index (Phi) is 6.82. The summed E-state index contributed by atoms with van der Waals surface area (Å²) in [6, 6.07) is 3.38. The third kappa shape index (κ3) is 4.43. The van der Waals surface area contributed by atoms with Crippen molar-refractivity contribution in [3.63, 3.8) is 0 Å². The molecular formula is C19H23ClFNO4S3. The maximum atomic E-state index is 13.3. The second-order valence-corrected chi connectivity index (χ2v) is 10.9. The molecule has 0 aliphatic heterocycles. The van der Waals surface area contributed by atoms with Gasteiger partial charge in [0.05, 0.1) is 22.9 Å². The van der Waals surface area contributed by atoms with Crippen molar-refractivity contribution in [3.05, 3.63) is 40.7 Å². The van der Waals surface area contributed by atoms with Gasteiger partial charge < -0.3 is 4.74 Å². The lowest BCUT2D eigenvalue weighted by atomic mass is 9.74. The predicted molar refractivity (Wildman–Crippen MR) is 119 cm³/mol. The Morgan fingerprint density at radius 3 is 2.55 bits per heavy atom. The van der Waals surface area contributed by atoms with E-state index in [0.29, 0.717) is 6.42 Å². The summed E-state index contributed by atoms with van der Waals surface area (Å²) in [6.07, 6.45) is 4.14. The van der Waals surface area contributed by atoms with Crippen LogP contribution in [0.3, 0.4) is 0 Å². The zero-order chi connectivity index (χ0) is 21.4. The van der Waals surface area contributed by atoms with Gasteiger partial charge in [-0.15, -0.1) is 0 Å². The Balaban J connectivity index is 1.99. The number of carbonyl (C=O) groups excluding carboxylic acids is 1. The molecule has 10 heteroatoms. The molecule has 3 rings (SSSR count). The molecule has 29 heavy (non-hydrogen) atoms. The Bertz CT molecular complexity index is 927. The van der Waals surface area contributed by atoms with E-state index >= 15 is 0 Å². The fraction of sp³-hybridized carbons (Fsp3) is 0.526. The minimum Gasteiger partial charge on any atom is -0.463 e. The first-order valence-corrected chi connectivity index (χ1v) is 12.3. The molecule has 1 fully saturated rings. The summed E-state index contributed by atoms with van der Waals surface area (Å²) >= 11 is 15.3. The Hall–Kier alpha value is -0.900. The van der Waals surface area contributed by atoms with Crippen molar-refractivity contribution in [2.24, 2.45) is 5.41 Å². The molecule has 2 aliphatic rings. The van der Waals surface area contributed by atoms with E-state index in [1.54, 1.807) is 13.0 Å². The summed E-state index contributed by atoms with van der Waals surface area (Å²) in [5, 5.41) is -1.21. The van der Waals surface area contributed by atoms with Crippen LogP contribution in [0, 0.1) is 11.2 Å². The monoisotopic (exact) mass is 479 g/mol. The summed E-state index contributed by atoms with van der Waals surface area (Å²) in [6.45, 7) is 1.79. The lowest BCUT2D eigenvalue weighted by Gasteiger charge is -2.40. The first-order valence-electron chi connectivity index (χ1n) is 9.33. The van der Waals surface area contributed by atoms with Crippen molar-refractivity contribution in [2.75, 3.05) is 11.3 Å². The third-order valence-electron chi connectivity index (χ3n) is 5.63. The summed E-state index contributed by atoms with van der Waals surface area (Å²) < 4.78 is 47.1. The van der Waals surface area contributed by atoms with E-state index in [0.717, 1.165) is 25.0 Å². The first kappa shape index (κ1) is 22.8. The summed E-state index contributed by atoms with van der Waals surface area (Å²) in [5.74, 6) is -1.24. The lowest BCUT2D eigenvalue weighted by Crippen LogP contribution is -2.43. The molecule has 3 unspecified atom stereocenters. The summed E-state index contributed by atoms with van der Waals surface area (Å²) in [7, 11) is -4.04. The number of esters is 1. The third-order valence-corrected chi connectivity index (χ3v) is 9.17. The minimum atomic E-state index is -4.04. The topological polar surface area (TPSA) is 72.5 Å². The van der Waals surface area contributed by atoms with Gasteiger partial charge in [0.1, 0.15) is 11.1 Å². The van der Waals surface area contributed by atoms with Crippen LogP contribution in [0.2, 0.25) is 5.02 Å². The Morgan fingerprint density at radius 2 is 1.97 bits per heavy atom. The molecular weight excluding hydrogens is 457 g/mol. The molecule has 5 nitrogen and oxygen atoms in total. The predicted octanol–water partition coefficient (Wildman–Crippen LogP) is 4.25. The normalized spacial score (nSPS) is 29.6. The molecule has 1 aromatic rings. The number of thiol groups is 2. The number of ether oxygens (including phenoxy) is 1. The molecule has 0 bridgehead atoms. The van der Waals surface area contributed by atoms with Gasteiger partial charge in [-0.3, -0.25) is 4.72 Å². The van der Waals surface area contributed by atoms with Crippen molar-refractivity contribution in [2.45, 2.75) is 48.4 Å². The highest BCUT2D eigenvalue weighted by atomic mass is 35.5. The van der Waals surface area contributed by atoms with E-state index in [1.165, 1.54) is 6.07 Å². The van der Waals surface area contributed by atoms with Crippen LogP contribution < -0.4 is 4.72 Å². The zero-order valence-electron chi connectivity index (χ0n) is 15.8. The fourth-order valence-corrected chi connectivity index (χ4v) is 7.12. The molecule has 0 saturated heterocycles. The van der Waals surface area contributed by atoms with Crippen LogP contribution in [0.5, 0.6) is 0 Å². The van der Waals surface area contributed by atoms with Crippen molar-refractivity contribution >= 4 is 58.5 Å². The van der Waals surface area contributed by atoms with Crippen LogP contribution in [0.15, 0.2) is 29.8 Å². The molecule has 160 valence electrons. The zero-order valence-corrected chi connectivity index (χ0v) is 19.1. The van der Waals surface area contributed by atoms with E-state index in [-0.39, 0.29) is 39.8 Å². The highest BCUT2D eigenvalue weighted by Gasteiger charge is 2.51. The van der Waals surface area contributed by atoms with Gasteiger partial charge >= 0.3 is 5.97 Å². The van der Waals surface area contributed by atoms with Crippen molar-refractivity contribution in [1.29, 1.82) is 0 Å². The average molecular weight is 480 g/mol. The van der Waals surface area contributed by atoms with Crippen molar-refractivity contribution in [3.8, 4) is 0 Å². The quantitative estimate of drug-likeness (QED) is 0.436. The molecule has 0 heterocycles. The van der Waals surface area contributed by atoms with Crippen LogP contribution >= 0.6 is 36.9 Å². The molecule has 1 aromatic carbocycles. The van der Waals surface area contributed by atoms with Gasteiger partial charge in [0.2, 0.25) is 10.0 Å². The van der Waals surface area contributed by atoms with E-state index < -0.39 is 32.5 Å². The molecule has 0 amide bonds. The van der Waals surface area contributed by atoms with E-state index in [9.17, 15) is 17.6 Å². The summed E-state index contributed by atoms with van der Waals surface area (Å²) in [5.41, 5.74) is -0.325. The van der Waals surface area contributed by atoms with Crippen LogP contribution in [0.4, 0.5) is 10.1 Å². The number of halogens is 2. The number of anilines is 1. The number of nitrogens with one attached hydrogen (secondary N) is 1. The maximum absolute atomic E-state index is 13.3. The van der Waals surface area contributed by atoms with Gasteiger partial charge in [0.25, 0.3) is 0 Å². The molecule has 3 atom stereocenters. The van der Waals surface area contributed by atoms with Crippen molar-refractivity contribution < 1.29 is 22.3 Å². The number of benzene rings is 1.